The van der Waals surface area contributed by atoms with E-state index in [2.05, 4.69) is 42.2 Å². The number of halogens is 2. The smallest absolute Gasteiger partial charge is 0.202 e. The van der Waals surface area contributed by atoms with Crippen LogP contribution in [0, 0.1) is 11.2 Å². The first-order chi connectivity index (χ1) is 10.5. The van der Waals surface area contributed by atoms with E-state index in [0.29, 0.717) is 18.8 Å². The Morgan fingerprint density at radius 1 is 1.32 bits per heavy atom. The van der Waals surface area contributed by atoms with Crippen LogP contribution in [0.15, 0.2) is 33.0 Å². The molecule has 120 valence electrons. The van der Waals surface area contributed by atoms with Crippen molar-refractivity contribution < 1.29 is 14.8 Å². The molecule has 0 saturated heterocycles. The van der Waals surface area contributed by atoms with Crippen molar-refractivity contribution in [3.05, 3.63) is 28.5 Å². The lowest BCUT2D eigenvalue weighted by Gasteiger charge is -2.12. The van der Waals surface area contributed by atoms with Gasteiger partial charge in [0.2, 0.25) is 5.84 Å². The van der Waals surface area contributed by atoms with E-state index in [0.717, 1.165) is 0 Å². The molecule has 0 atom stereocenters. The van der Waals surface area contributed by atoms with E-state index in [4.69, 9.17) is 15.8 Å². The van der Waals surface area contributed by atoms with Crippen molar-refractivity contribution >= 4 is 39.0 Å². The van der Waals surface area contributed by atoms with Crippen LogP contribution in [0.1, 0.15) is 0 Å². The van der Waals surface area contributed by atoms with Gasteiger partial charge in [0.1, 0.15) is 5.82 Å². The van der Waals surface area contributed by atoms with Gasteiger partial charge in [0.15, 0.2) is 11.5 Å². The van der Waals surface area contributed by atoms with E-state index in [1.165, 1.54) is 18.2 Å². The number of nitrogens with zero attached hydrogens (tertiary/aromatic N) is 2. The summed E-state index contributed by atoms with van der Waals surface area (Å²) in [7, 11) is 1.75. The fourth-order valence-corrected chi connectivity index (χ4v) is 1.83. The SMILES string of the molecule is CNCCNC(=N)C(=N\O)/C(=N/O)Nc1ccc(F)c(Br)c1. The molecule has 0 aromatic heterocycles. The van der Waals surface area contributed by atoms with Crippen LogP contribution in [-0.4, -0.2) is 47.9 Å². The number of rotatable bonds is 6. The normalized spacial score (nSPS) is 12.1. The summed E-state index contributed by atoms with van der Waals surface area (Å²) in [6, 6.07) is 4.01. The summed E-state index contributed by atoms with van der Waals surface area (Å²) in [5.41, 5.74) is 0.0873. The zero-order valence-electron chi connectivity index (χ0n) is 11.7. The number of anilines is 1. The second-order valence-corrected chi connectivity index (χ2v) is 4.91. The van der Waals surface area contributed by atoms with Gasteiger partial charge in [-0.1, -0.05) is 10.3 Å². The van der Waals surface area contributed by atoms with E-state index >= 15 is 0 Å². The summed E-state index contributed by atoms with van der Waals surface area (Å²) in [4.78, 5) is 0. The minimum Gasteiger partial charge on any atom is -0.410 e. The molecule has 8 nitrogen and oxygen atoms in total. The molecule has 0 radical (unpaired) electrons. The Morgan fingerprint density at radius 2 is 2.05 bits per heavy atom. The lowest BCUT2D eigenvalue weighted by Crippen LogP contribution is -2.40. The van der Waals surface area contributed by atoms with Gasteiger partial charge in [-0.2, -0.15) is 0 Å². The fraction of sp³-hybridized carbons (Fsp3) is 0.250. The lowest BCUT2D eigenvalue weighted by atomic mass is 10.2. The van der Waals surface area contributed by atoms with Gasteiger partial charge < -0.3 is 26.4 Å². The van der Waals surface area contributed by atoms with Crippen LogP contribution in [0.3, 0.4) is 0 Å². The first kappa shape index (κ1) is 17.9. The van der Waals surface area contributed by atoms with Gasteiger partial charge in [-0.15, -0.1) is 0 Å². The molecule has 0 fully saturated rings. The highest BCUT2D eigenvalue weighted by atomic mass is 79.9. The summed E-state index contributed by atoms with van der Waals surface area (Å²) < 4.78 is 13.4. The molecule has 1 aromatic rings. The minimum atomic E-state index is -0.453. The Kier molecular flexibility index (Phi) is 7.26. The molecule has 1 aromatic carbocycles. The van der Waals surface area contributed by atoms with Crippen molar-refractivity contribution in [2.75, 3.05) is 25.5 Å². The average molecular weight is 375 g/mol. The van der Waals surface area contributed by atoms with E-state index in [9.17, 15) is 4.39 Å². The molecule has 0 unspecified atom stereocenters. The highest BCUT2D eigenvalue weighted by Gasteiger charge is 2.17. The number of nitrogens with one attached hydrogen (secondary N) is 4. The Morgan fingerprint density at radius 3 is 2.59 bits per heavy atom. The first-order valence-corrected chi connectivity index (χ1v) is 6.96. The van der Waals surface area contributed by atoms with Gasteiger partial charge in [0, 0.05) is 18.8 Å². The van der Waals surface area contributed by atoms with Gasteiger partial charge in [0.25, 0.3) is 0 Å². The fourth-order valence-electron chi connectivity index (χ4n) is 1.45. The second kappa shape index (κ2) is 8.95. The van der Waals surface area contributed by atoms with E-state index in [1.54, 1.807) is 7.05 Å². The maximum absolute atomic E-state index is 13.2. The predicted octanol–water partition coefficient (Wildman–Crippen LogP) is 1.40. The molecule has 0 heterocycles. The van der Waals surface area contributed by atoms with Gasteiger partial charge >= 0.3 is 0 Å². The second-order valence-electron chi connectivity index (χ2n) is 4.06. The highest BCUT2D eigenvalue weighted by molar-refractivity contribution is 9.10. The summed E-state index contributed by atoms with van der Waals surface area (Å²) in [5, 5.41) is 39.9. The van der Waals surface area contributed by atoms with Crippen molar-refractivity contribution in [1.82, 2.24) is 10.6 Å². The molecule has 0 aliphatic carbocycles. The third kappa shape index (κ3) is 4.97. The quantitative estimate of drug-likeness (QED) is 0.147. The van der Waals surface area contributed by atoms with Crippen molar-refractivity contribution in [3.8, 4) is 0 Å². The van der Waals surface area contributed by atoms with Gasteiger partial charge in [-0.25, -0.2) is 4.39 Å². The molecule has 1 rings (SSSR count). The summed E-state index contributed by atoms with van der Waals surface area (Å²) in [5.74, 6) is -0.951. The molecule has 0 amide bonds. The zero-order chi connectivity index (χ0) is 16.5. The molecule has 0 aliphatic heterocycles. The van der Waals surface area contributed by atoms with E-state index in [-0.39, 0.29) is 21.9 Å². The maximum Gasteiger partial charge on any atom is 0.202 e. The van der Waals surface area contributed by atoms with Gasteiger partial charge in [0.05, 0.1) is 4.47 Å². The topological polar surface area (TPSA) is 125 Å². The Labute approximate surface area is 134 Å². The molecular weight excluding hydrogens is 359 g/mol. The Balaban J connectivity index is 2.84. The molecule has 0 bridgehead atoms. The van der Waals surface area contributed by atoms with Crippen LogP contribution >= 0.6 is 15.9 Å². The van der Waals surface area contributed by atoms with E-state index in [1.807, 2.05) is 0 Å². The number of hydrogen-bond acceptors (Lipinski definition) is 6. The molecule has 0 saturated carbocycles. The average Bonchev–Trinajstić information content (AvgIpc) is 2.50. The van der Waals surface area contributed by atoms with Crippen molar-refractivity contribution in [1.29, 1.82) is 5.41 Å². The standard InChI is InChI=1S/C12H16BrFN6O2/c1-16-4-5-17-11(15)10(19-21)12(20-22)18-7-2-3-9(14)8(13)6-7/h2-3,6,16,21-22H,4-5H2,1H3,(H2,15,17)(H,18,20)/b19-10+. The number of oxime groups is 2. The van der Waals surface area contributed by atoms with Crippen molar-refractivity contribution in [2.24, 2.45) is 10.3 Å². The largest absolute Gasteiger partial charge is 0.410 e. The summed E-state index contributed by atoms with van der Waals surface area (Å²) in [6.07, 6.45) is 0. The molecule has 6 N–H and O–H groups in total. The van der Waals surface area contributed by atoms with Crippen molar-refractivity contribution in [2.45, 2.75) is 0 Å². The predicted molar refractivity (Wildman–Crippen MR) is 85.8 cm³/mol. The number of hydrogen-bond donors (Lipinski definition) is 6. The monoisotopic (exact) mass is 374 g/mol. The number of benzene rings is 1. The first-order valence-electron chi connectivity index (χ1n) is 6.17. The van der Waals surface area contributed by atoms with E-state index < -0.39 is 5.82 Å². The third-order valence-corrected chi connectivity index (χ3v) is 3.13. The Hall–Kier alpha value is -2.20. The highest BCUT2D eigenvalue weighted by Crippen LogP contribution is 2.20. The zero-order valence-corrected chi connectivity index (χ0v) is 13.3. The van der Waals surface area contributed by atoms with Crippen LogP contribution in [0.2, 0.25) is 0 Å². The summed E-state index contributed by atoms with van der Waals surface area (Å²) in [6.45, 7) is 1.00. The van der Waals surface area contributed by atoms with Gasteiger partial charge in [-0.05, 0) is 41.2 Å². The molecular formula is C12H16BrFN6O2. The lowest BCUT2D eigenvalue weighted by molar-refractivity contribution is 0.314. The minimum absolute atomic E-state index is 0.208. The van der Waals surface area contributed by atoms with Crippen LogP contribution in [0.25, 0.3) is 0 Å². The Bertz CT molecular complexity index is 593. The molecule has 22 heavy (non-hydrogen) atoms. The molecule has 0 spiro atoms. The maximum atomic E-state index is 13.2. The van der Waals surface area contributed by atoms with Crippen LogP contribution in [-0.2, 0) is 0 Å². The summed E-state index contributed by atoms with van der Waals surface area (Å²) >= 11 is 3.02. The van der Waals surface area contributed by atoms with Crippen molar-refractivity contribution in [3.63, 3.8) is 0 Å². The third-order valence-electron chi connectivity index (χ3n) is 2.52. The van der Waals surface area contributed by atoms with Crippen LogP contribution < -0.4 is 16.0 Å². The number of likely N-dealkylation sites (N-methyl/N-ethyl adjacent to an activating group) is 1. The van der Waals surface area contributed by atoms with Gasteiger partial charge in [-0.3, -0.25) is 5.41 Å². The molecule has 0 aliphatic rings. The molecule has 10 heteroatoms. The van der Waals surface area contributed by atoms with Crippen LogP contribution in [0.5, 0.6) is 0 Å². The number of amidine groups is 2. The van der Waals surface area contributed by atoms with Crippen LogP contribution in [0.4, 0.5) is 10.1 Å².